The maximum absolute atomic E-state index is 13.9. The molecule has 1 aromatic heterocycles. The number of aryl methyl sites for hydroxylation is 1. The van der Waals surface area contributed by atoms with Gasteiger partial charge in [0.1, 0.15) is 5.82 Å². The highest BCUT2D eigenvalue weighted by molar-refractivity contribution is 5.63. The molecule has 0 radical (unpaired) electrons. The third-order valence-electron chi connectivity index (χ3n) is 3.42. The average Bonchev–Trinajstić information content (AvgIpc) is 2.79. The van der Waals surface area contributed by atoms with Gasteiger partial charge in [-0.3, -0.25) is 0 Å². The normalized spacial score (nSPS) is 18.0. The smallest absolute Gasteiger partial charge is 0.252 e. The van der Waals surface area contributed by atoms with Crippen molar-refractivity contribution in [3.05, 3.63) is 23.5 Å². The quantitative estimate of drug-likeness (QED) is 0.859. The summed E-state index contributed by atoms with van der Waals surface area (Å²) in [5, 5.41) is 11.4. The van der Waals surface area contributed by atoms with Crippen molar-refractivity contribution >= 4 is 5.69 Å². The first-order valence-corrected chi connectivity index (χ1v) is 6.09. The summed E-state index contributed by atoms with van der Waals surface area (Å²) in [6.45, 7) is 1.68. The van der Waals surface area contributed by atoms with Gasteiger partial charge < -0.3 is 5.73 Å². The summed E-state index contributed by atoms with van der Waals surface area (Å²) in [5.41, 5.74) is 6.85. The Morgan fingerprint density at radius 2 is 2.05 bits per heavy atom. The second-order valence-electron chi connectivity index (χ2n) is 5.04. The Labute approximate surface area is 112 Å². The van der Waals surface area contributed by atoms with Crippen LogP contribution >= 0.6 is 0 Å². The van der Waals surface area contributed by atoms with Gasteiger partial charge in [-0.05, 0) is 29.8 Å². The van der Waals surface area contributed by atoms with Crippen LogP contribution in [0.25, 0.3) is 11.4 Å². The number of halogens is 3. The number of nitrogen functional groups attached to an aromatic ring is 1. The molecule has 2 N–H and O–H groups in total. The van der Waals surface area contributed by atoms with Gasteiger partial charge in [0.25, 0.3) is 5.92 Å². The van der Waals surface area contributed by atoms with Crippen LogP contribution in [-0.2, 0) is 0 Å². The number of nitrogens with two attached hydrogens (primary N) is 1. The molecule has 1 saturated carbocycles. The fraction of sp³-hybridized carbons (Fsp3) is 0.417. The molecular weight excluding hydrogens is 271 g/mol. The molecule has 0 bridgehead atoms. The van der Waals surface area contributed by atoms with Crippen LogP contribution in [0.4, 0.5) is 18.9 Å². The topological polar surface area (TPSA) is 69.6 Å². The van der Waals surface area contributed by atoms with E-state index in [1.54, 1.807) is 6.92 Å². The highest BCUT2D eigenvalue weighted by atomic mass is 19.3. The van der Waals surface area contributed by atoms with Crippen LogP contribution in [0.5, 0.6) is 0 Å². The molecule has 5 nitrogen and oxygen atoms in total. The number of hydrogen-bond acceptors (Lipinski definition) is 4. The molecule has 0 aliphatic heterocycles. The predicted octanol–water partition coefficient (Wildman–Crippen LogP) is 2.34. The van der Waals surface area contributed by atoms with Crippen molar-refractivity contribution in [2.75, 3.05) is 5.73 Å². The Morgan fingerprint density at radius 1 is 1.35 bits per heavy atom. The molecule has 1 aliphatic rings. The molecule has 2 aromatic rings. The van der Waals surface area contributed by atoms with Crippen molar-refractivity contribution in [2.24, 2.45) is 0 Å². The van der Waals surface area contributed by atoms with Crippen molar-refractivity contribution in [1.82, 2.24) is 20.2 Å². The maximum atomic E-state index is 13.9. The van der Waals surface area contributed by atoms with Crippen LogP contribution in [0, 0.1) is 12.7 Å². The summed E-state index contributed by atoms with van der Waals surface area (Å²) in [5.74, 6) is -3.14. The lowest BCUT2D eigenvalue weighted by Gasteiger charge is -2.33. The maximum Gasteiger partial charge on any atom is 0.252 e. The third-order valence-corrected chi connectivity index (χ3v) is 3.42. The summed E-state index contributed by atoms with van der Waals surface area (Å²) in [7, 11) is 0. The molecule has 20 heavy (non-hydrogen) atoms. The van der Waals surface area contributed by atoms with Gasteiger partial charge in [0.05, 0.1) is 11.6 Å². The predicted molar refractivity (Wildman–Crippen MR) is 65.6 cm³/mol. The molecule has 0 spiro atoms. The summed E-state index contributed by atoms with van der Waals surface area (Å²) in [6.07, 6.45) is -0.636. The van der Waals surface area contributed by atoms with Crippen LogP contribution in [0.3, 0.4) is 0 Å². The van der Waals surface area contributed by atoms with Crippen molar-refractivity contribution in [3.8, 4) is 11.4 Å². The minimum absolute atomic E-state index is 0.0458. The van der Waals surface area contributed by atoms with Gasteiger partial charge in [0, 0.05) is 18.5 Å². The second kappa shape index (κ2) is 4.19. The Bertz CT molecular complexity index is 659. The minimum Gasteiger partial charge on any atom is -0.398 e. The largest absolute Gasteiger partial charge is 0.398 e. The van der Waals surface area contributed by atoms with E-state index in [1.807, 2.05) is 0 Å². The van der Waals surface area contributed by atoms with Crippen LogP contribution in [-0.4, -0.2) is 26.1 Å². The molecule has 1 heterocycles. The third kappa shape index (κ3) is 2.10. The van der Waals surface area contributed by atoms with E-state index >= 15 is 0 Å². The lowest BCUT2D eigenvalue weighted by Crippen LogP contribution is -2.38. The van der Waals surface area contributed by atoms with Gasteiger partial charge in [-0.2, -0.15) is 4.80 Å². The summed E-state index contributed by atoms with van der Waals surface area (Å²) < 4.78 is 39.5. The zero-order chi connectivity index (χ0) is 14.5. The number of tetrazole rings is 1. The Kier molecular flexibility index (Phi) is 2.70. The number of alkyl halides is 2. The molecule has 3 rings (SSSR count). The van der Waals surface area contributed by atoms with Gasteiger partial charge in [0.2, 0.25) is 5.82 Å². The van der Waals surface area contributed by atoms with E-state index < -0.39 is 17.8 Å². The first kappa shape index (κ1) is 12.9. The molecule has 0 unspecified atom stereocenters. The van der Waals surface area contributed by atoms with Crippen LogP contribution < -0.4 is 5.73 Å². The molecule has 8 heteroatoms. The second-order valence-corrected chi connectivity index (χ2v) is 5.04. The van der Waals surface area contributed by atoms with E-state index in [4.69, 9.17) is 5.73 Å². The fourth-order valence-electron chi connectivity index (χ4n) is 2.14. The lowest BCUT2D eigenvalue weighted by atomic mass is 9.89. The van der Waals surface area contributed by atoms with Crippen molar-refractivity contribution in [1.29, 1.82) is 0 Å². The molecule has 0 saturated heterocycles. The number of anilines is 1. The molecule has 0 amide bonds. The van der Waals surface area contributed by atoms with Crippen LogP contribution in [0.2, 0.25) is 0 Å². The number of rotatable bonds is 2. The molecule has 0 atom stereocenters. The highest BCUT2D eigenvalue weighted by Crippen LogP contribution is 2.44. The van der Waals surface area contributed by atoms with Gasteiger partial charge in [0.15, 0.2) is 0 Å². The van der Waals surface area contributed by atoms with E-state index in [1.165, 1.54) is 12.1 Å². The zero-order valence-electron chi connectivity index (χ0n) is 10.6. The van der Waals surface area contributed by atoms with Gasteiger partial charge in [-0.25, -0.2) is 13.2 Å². The van der Waals surface area contributed by atoms with Gasteiger partial charge in [-0.15, -0.1) is 10.2 Å². The monoisotopic (exact) mass is 283 g/mol. The van der Waals surface area contributed by atoms with E-state index in [2.05, 4.69) is 15.4 Å². The Hall–Kier alpha value is -2.12. The van der Waals surface area contributed by atoms with Crippen LogP contribution in [0.15, 0.2) is 12.1 Å². The molecule has 1 fully saturated rings. The van der Waals surface area contributed by atoms with Crippen molar-refractivity contribution < 1.29 is 13.2 Å². The number of nitrogens with zero attached hydrogens (tertiary/aromatic N) is 4. The first-order valence-electron chi connectivity index (χ1n) is 6.09. The van der Waals surface area contributed by atoms with Crippen LogP contribution in [0.1, 0.15) is 24.4 Å². The highest BCUT2D eigenvalue weighted by Gasteiger charge is 2.47. The van der Waals surface area contributed by atoms with Gasteiger partial charge in [-0.1, -0.05) is 0 Å². The van der Waals surface area contributed by atoms with E-state index in [0.717, 1.165) is 4.80 Å². The lowest BCUT2D eigenvalue weighted by molar-refractivity contribution is -0.110. The first-order chi connectivity index (χ1) is 9.35. The number of benzene rings is 1. The Morgan fingerprint density at radius 3 is 2.70 bits per heavy atom. The average molecular weight is 283 g/mol. The number of aromatic nitrogens is 4. The molecule has 106 valence electrons. The summed E-state index contributed by atoms with van der Waals surface area (Å²) in [6, 6.07) is 2.21. The molecule has 1 aromatic carbocycles. The van der Waals surface area contributed by atoms with Crippen molar-refractivity contribution in [2.45, 2.75) is 31.7 Å². The van der Waals surface area contributed by atoms with E-state index in [0.29, 0.717) is 11.3 Å². The summed E-state index contributed by atoms with van der Waals surface area (Å²) >= 11 is 0. The molecule has 1 aliphatic carbocycles. The van der Waals surface area contributed by atoms with E-state index in [-0.39, 0.29) is 24.2 Å². The van der Waals surface area contributed by atoms with Gasteiger partial charge >= 0.3 is 0 Å². The fourth-order valence-corrected chi connectivity index (χ4v) is 2.14. The minimum atomic E-state index is -2.67. The number of hydrogen-bond donors (Lipinski definition) is 1. The standard InChI is InChI=1S/C12H12F3N5/c1-6-2-9(13)8(3-10(6)16)11-17-19-20(18-11)7-4-12(14,15)5-7/h2-3,7H,4-5,16H2,1H3. The Balaban J connectivity index is 1.89. The van der Waals surface area contributed by atoms with E-state index in [9.17, 15) is 13.2 Å². The zero-order valence-corrected chi connectivity index (χ0v) is 10.6. The molecular formula is C12H12F3N5. The SMILES string of the molecule is Cc1cc(F)c(-c2nnn(C3CC(F)(F)C3)n2)cc1N. The van der Waals surface area contributed by atoms with Crippen molar-refractivity contribution in [3.63, 3.8) is 0 Å². The summed E-state index contributed by atoms with van der Waals surface area (Å²) in [4.78, 5) is 1.11.